The molecule has 6 nitrogen and oxygen atoms in total. The van der Waals surface area contributed by atoms with E-state index in [2.05, 4.69) is 21.2 Å². The van der Waals surface area contributed by atoms with E-state index in [4.69, 9.17) is 5.10 Å². The quantitative estimate of drug-likeness (QED) is 0.477. The van der Waals surface area contributed by atoms with Gasteiger partial charge in [0.2, 0.25) is 5.91 Å². The molecule has 0 saturated heterocycles. The van der Waals surface area contributed by atoms with Crippen LogP contribution in [0.5, 0.6) is 0 Å². The summed E-state index contributed by atoms with van der Waals surface area (Å²) in [4.78, 5) is 14.6. The van der Waals surface area contributed by atoms with E-state index < -0.39 is 0 Å². The normalized spacial score (nSPS) is 13.5. The van der Waals surface area contributed by atoms with Crippen molar-refractivity contribution >= 4 is 27.7 Å². The van der Waals surface area contributed by atoms with E-state index in [-0.39, 0.29) is 38.0 Å². The van der Waals surface area contributed by atoms with Crippen LogP contribution in [0, 0.1) is 5.82 Å². The Morgan fingerprint density at radius 1 is 1.23 bits per heavy atom. The number of nitrogens with one attached hydrogen (secondary N) is 1. The molecule has 8 heteroatoms. The van der Waals surface area contributed by atoms with Gasteiger partial charge in [-0.15, -0.1) is 0 Å². The Hall–Kier alpha value is -2.55. The first-order valence-electron chi connectivity index (χ1n) is 10.3. The third-order valence-corrected chi connectivity index (χ3v) is 5.67. The molecule has 1 saturated carbocycles. The number of aromatic nitrogens is 2. The molecule has 2 aromatic carbocycles. The lowest BCUT2D eigenvalue weighted by molar-refractivity contribution is -0.117. The highest BCUT2D eigenvalue weighted by Crippen LogP contribution is 2.40. The number of aliphatic hydroxyl groups is 1. The van der Waals surface area contributed by atoms with E-state index in [1.165, 1.54) is 6.07 Å². The largest absolute Gasteiger partial charge is 0.395 e. The number of hydrogen-bond acceptors (Lipinski definition) is 4. The molecule has 1 aromatic heterocycles. The van der Waals surface area contributed by atoms with Crippen molar-refractivity contribution in [1.29, 1.82) is 0 Å². The third-order valence-electron chi connectivity index (χ3n) is 5.18. The van der Waals surface area contributed by atoms with Crippen LogP contribution in [0.25, 0.3) is 5.69 Å². The van der Waals surface area contributed by atoms with Gasteiger partial charge in [0.1, 0.15) is 11.6 Å². The standard InChI is InChI=1S/C23H24BrFN4O2/c24-18-8-9-20(25)17(12-18)14-28(10-11-30)15-23(31)26-22-13-21(16-6-7-16)27-29(22)19-4-2-1-3-5-19/h1-5,8-9,12-13,16,30H,6-7,10-11,14-15H2,(H,26,31). The molecule has 0 aliphatic heterocycles. The zero-order chi connectivity index (χ0) is 21.8. The van der Waals surface area contributed by atoms with Crippen LogP contribution in [0.1, 0.15) is 30.0 Å². The fourth-order valence-corrected chi connectivity index (χ4v) is 3.89. The van der Waals surface area contributed by atoms with Crippen LogP contribution in [0.2, 0.25) is 0 Å². The van der Waals surface area contributed by atoms with E-state index in [1.54, 1.807) is 21.7 Å². The molecule has 1 heterocycles. The number of halogens is 2. The van der Waals surface area contributed by atoms with E-state index in [0.29, 0.717) is 17.3 Å². The second-order valence-electron chi connectivity index (χ2n) is 7.69. The number of carbonyl (C=O) groups is 1. The van der Waals surface area contributed by atoms with Gasteiger partial charge in [0.15, 0.2) is 0 Å². The topological polar surface area (TPSA) is 70.4 Å². The van der Waals surface area contributed by atoms with Gasteiger partial charge in [-0.1, -0.05) is 34.1 Å². The van der Waals surface area contributed by atoms with Gasteiger partial charge in [-0.25, -0.2) is 9.07 Å². The van der Waals surface area contributed by atoms with Gasteiger partial charge in [0.25, 0.3) is 0 Å². The van der Waals surface area contributed by atoms with Crippen LogP contribution in [-0.2, 0) is 11.3 Å². The van der Waals surface area contributed by atoms with Crippen molar-refractivity contribution < 1.29 is 14.3 Å². The van der Waals surface area contributed by atoms with Crippen LogP contribution in [0.4, 0.5) is 10.2 Å². The molecule has 162 valence electrons. The summed E-state index contributed by atoms with van der Waals surface area (Å²) in [5, 5.41) is 17.1. The molecular formula is C23H24BrFN4O2. The van der Waals surface area contributed by atoms with Crippen molar-refractivity contribution in [1.82, 2.24) is 14.7 Å². The second kappa shape index (κ2) is 9.72. The Morgan fingerprint density at radius 2 is 2.00 bits per heavy atom. The molecule has 0 atom stereocenters. The molecule has 3 aromatic rings. The lowest BCUT2D eigenvalue weighted by atomic mass is 10.2. The molecule has 1 aliphatic rings. The highest BCUT2D eigenvalue weighted by Gasteiger charge is 2.28. The van der Waals surface area contributed by atoms with Crippen molar-refractivity contribution in [3.8, 4) is 5.69 Å². The van der Waals surface area contributed by atoms with Crippen LogP contribution in [0.15, 0.2) is 59.1 Å². The number of amides is 1. The number of nitrogens with zero attached hydrogens (tertiary/aromatic N) is 3. The van der Waals surface area contributed by atoms with Crippen LogP contribution < -0.4 is 5.32 Å². The van der Waals surface area contributed by atoms with Gasteiger partial charge in [0.05, 0.1) is 24.5 Å². The summed E-state index contributed by atoms with van der Waals surface area (Å²) in [7, 11) is 0. The smallest absolute Gasteiger partial charge is 0.239 e. The van der Waals surface area contributed by atoms with E-state index in [0.717, 1.165) is 28.7 Å². The predicted molar refractivity (Wildman–Crippen MR) is 121 cm³/mol. The Bertz CT molecular complexity index is 1050. The summed E-state index contributed by atoms with van der Waals surface area (Å²) in [5.41, 5.74) is 2.30. The molecule has 0 unspecified atom stereocenters. The maximum atomic E-state index is 14.2. The molecule has 0 bridgehead atoms. The number of aliphatic hydroxyl groups excluding tert-OH is 1. The molecule has 4 rings (SSSR count). The van der Waals surface area contributed by atoms with Crippen molar-refractivity contribution in [2.45, 2.75) is 25.3 Å². The zero-order valence-corrected chi connectivity index (χ0v) is 18.6. The molecular weight excluding hydrogens is 463 g/mol. The molecule has 1 fully saturated rings. The minimum atomic E-state index is -0.345. The minimum Gasteiger partial charge on any atom is -0.395 e. The monoisotopic (exact) mass is 486 g/mol. The van der Waals surface area contributed by atoms with Crippen molar-refractivity contribution in [2.24, 2.45) is 0 Å². The maximum absolute atomic E-state index is 14.2. The van der Waals surface area contributed by atoms with Gasteiger partial charge in [-0.3, -0.25) is 9.69 Å². The molecule has 1 amide bonds. The fourth-order valence-electron chi connectivity index (χ4n) is 3.48. The van der Waals surface area contributed by atoms with Gasteiger partial charge in [0, 0.05) is 35.1 Å². The molecule has 31 heavy (non-hydrogen) atoms. The number of benzene rings is 2. The first kappa shape index (κ1) is 21.7. The Labute approximate surface area is 188 Å². The van der Waals surface area contributed by atoms with Crippen LogP contribution in [-0.4, -0.2) is 45.4 Å². The minimum absolute atomic E-state index is 0.0191. The fraction of sp³-hybridized carbons (Fsp3) is 0.304. The lowest BCUT2D eigenvalue weighted by Crippen LogP contribution is -2.35. The summed E-state index contributed by atoms with van der Waals surface area (Å²) in [6.45, 7) is 0.358. The number of para-hydroxylation sites is 1. The summed E-state index contributed by atoms with van der Waals surface area (Å²) < 4.78 is 16.7. The Balaban J connectivity index is 1.49. The highest BCUT2D eigenvalue weighted by molar-refractivity contribution is 9.10. The van der Waals surface area contributed by atoms with E-state index >= 15 is 0 Å². The van der Waals surface area contributed by atoms with E-state index in [1.807, 2.05) is 36.4 Å². The lowest BCUT2D eigenvalue weighted by Gasteiger charge is -2.21. The Kier molecular flexibility index (Phi) is 6.80. The average Bonchev–Trinajstić information content (AvgIpc) is 3.52. The number of hydrogen-bond donors (Lipinski definition) is 2. The zero-order valence-electron chi connectivity index (χ0n) is 17.0. The van der Waals surface area contributed by atoms with Crippen molar-refractivity contribution in [3.63, 3.8) is 0 Å². The summed E-state index contributed by atoms with van der Waals surface area (Å²) in [6.07, 6.45) is 2.23. The summed E-state index contributed by atoms with van der Waals surface area (Å²) >= 11 is 3.35. The second-order valence-corrected chi connectivity index (χ2v) is 8.61. The number of rotatable bonds is 9. The summed E-state index contributed by atoms with van der Waals surface area (Å²) in [6, 6.07) is 16.3. The average molecular weight is 487 g/mol. The first-order chi connectivity index (χ1) is 15.0. The predicted octanol–water partition coefficient (Wildman–Crippen LogP) is 4.08. The van der Waals surface area contributed by atoms with Gasteiger partial charge < -0.3 is 10.4 Å². The van der Waals surface area contributed by atoms with Crippen molar-refractivity contribution in [2.75, 3.05) is 25.0 Å². The van der Waals surface area contributed by atoms with Gasteiger partial charge in [-0.2, -0.15) is 5.10 Å². The van der Waals surface area contributed by atoms with Crippen LogP contribution in [0.3, 0.4) is 0 Å². The van der Waals surface area contributed by atoms with E-state index in [9.17, 15) is 14.3 Å². The molecule has 2 N–H and O–H groups in total. The molecule has 0 radical (unpaired) electrons. The van der Waals surface area contributed by atoms with Gasteiger partial charge >= 0.3 is 0 Å². The SMILES string of the molecule is O=C(CN(CCO)Cc1cc(Br)ccc1F)Nc1cc(C2CC2)nn1-c1ccccc1. The van der Waals surface area contributed by atoms with Crippen LogP contribution >= 0.6 is 15.9 Å². The third kappa shape index (κ3) is 5.58. The first-order valence-corrected chi connectivity index (χ1v) is 11.0. The highest BCUT2D eigenvalue weighted by atomic mass is 79.9. The van der Waals surface area contributed by atoms with Crippen molar-refractivity contribution in [3.05, 3.63) is 76.1 Å². The Morgan fingerprint density at radius 3 is 2.71 bits per heavy atom. The van der Waals surface area contributed by atoms with Gasteiger partial charge in [-0.05, 0) is 43.2 Å². The number of anilines is 1. The maximum Gasteiger partial charge on any atom is 0.239 e. The molecule has 1 aliphatic carbocycles. The number of carbonyl (C=O) groups excluding carboxylic acids is 1. The summed E-state index contributed by atoms with van der Waals surface area (Å²) in [5.74, 6) is 0.466. The molecule has 0 spiro atoms.